The van der Waals surface area contributed by atoms with E-state index in [9.17, 15) is 24.5 Å². The lowest BCUT2D eigenvalue weighted by molar-refractivity contribution is -0.385. The Morgan fingerprint density at radius 2 is 1.83 bits per heavy atom. The van der Waals surface area contributed by atoms with Crippen LogP contribution < -0.4 is 9.47 Å². The fourth-order valence-corrected chi connectivity index (χ4v) is 4.56. The summed E-state index contributed by atoms with van der Waals surface area (Å²) in [4.78, 5) is 50.1. The molecule has 10 heteroatoms. The Bertz CT molecular complexity index is 1410. The van der Waals surface area contributed by atoms with Crippen LogP contribution in [0.15, 0.2) is 48.5 Å². The minimum Gasteiger partial charge on any atom is -0.486 e. The lowest BCUT2D eigenvalue weighted by Crippen LogP contribution is -2.35. The van der Waals surface area contributed by atoms with E-state index in [0.29, 0.717) is 35.9 Å². The second kappa shape index (κ2) is 8.39. The standard InChI is InChI=1S/C25H21N3O7/c1-14-10-18(15(2)26(14)11-16-13-34-21-8-3-4-9-22(21)35-16)20(29)12-27-24(30)17-6-5-7-19(28(32)33)23(17)25(27)31/h3-10,16H,11-13H2,1-2H3/t16-/m0/s1. The largest absolute Gasteiger partial charge is 0.486 e. The molecule has 178 valence electrons. The minimum absolute atomic E-state index is 0.0720. The summed E-state index contributed by atoms with van der Waals surface area (Å²) in [6, 6.07) is 13.0. The number of hydrogen-bond acceptors (Lipinski definition) is 7. The summed E-state index contributed by atoms with van der Waals surface area (Å²) in [7, 11) is 0. The van der Waals surface area contributed by atoms with Crippen LogP contribution in [0.3, 0.4) is 0 Å². The Kier molecular flexibility index (Phi) is 5.35. The van der Waals surface area contributed by atoms with E-state index in [1.165, 1.54) is 18.2 Å². The number of carbonyl (C=O) groups excluding carboxylic acids is 3. The lowest BCUT2D eigenvalue weighted by Gasteiger charge is -2.27. The third-order valence-corrected chi connectivity index (χ3v) is 6.30. The molecule has 2 amide bonds. The van der Waals surface area contributed by atoms with Crippen molar-refractivity contribution in [2.24, 2.45) is 0 Å². The Morgan fingerprint density at radius 1 is 1.09 bits per heavy atom. The number of nitrogens with zero attached hydrogens (tertiary/aromatic N) is 3. The highest BCUT2D eigenvalue weighted by Gasteiger charge is 2.42. The molecule has 0 radical (unpaired) electrons. The van der Waals surface area contributed by atoms with Gasteiger partial charge >= 0.3 is 0 Å². The predicted molar refractivity (Wildman–Crippen MR) is 123 cm³/mol. The van der Waals surface area contributed by atoms with Gasteiger partial charge in [0.25, 0.3) is 17.5 Å². The molecule has 35 heavy (non-hydrogen) atoms. The molecule has 0 saturated heterocycles. The topological polar surface area (TPSA) is 121 Å². The van der Waals surface area contributed by atoms with Crippen molar-refractivity contribution in [1.29, 1.82) is 0 Å². The Morgan fingerprint density at radius 3 is 2.57 bits per heavy atom. The molecule has 0 saturated carbocycles. The SMILES string of the molecule is Cc1cc(C(=O)CN2C(=O)c3cccc([N+](=O)[O-])c3C2=O)c(C)n1C[C@H]1COc2ccccc2O1. The van der Waals surface area contributed by atoms with Crippen LogP contribution in [0.25, 0.3) is 0 Å². The zero-order chi connectivity index (χ0) is 24.9. The van der Waals surface area contributed by atoms with Gasteiger partial charge in [-0.2, -0.15) is 0 Å². The first-order valence-electron chi connectivity index (χ1n) is 11.0. The number of nitro groups is 1. The fourth-order valence-electron chi connectivity index (χ4n) is 4.56. The predicted octanol–water partition coefficient (Wildman–Crippen LogP) is 3.33. The molecular weight excluding hydrogens is 454 g/mol. The van der Waals surface area contributed by atoms with Crippen molar-refractivity contribution in [2.75, 3.05) is 13.2 Å². The van der Waals surface area contributed by atoms with E-state index < -0.39 is 34.8 Å². The number of aryl methyl sites for hydroxylation is 1. The highest BCUT2D eigenvalue weighted by molar-refractivity contribution is 6.24. The highest BCUT2D eigenvalue weighted by atomic mass is 16.6. The van der Waals surface area contributed by atoms with Crippen LogP contribution in [0.5, 0.6) is 11.5 Å². The van der Waals surface area contributed by atoms with Gasteiger partial charge in [0.05, 0.1) is 23.6 Å². The molecule has 0 fully saturated rings. The Hall–Kier alpha value is -4.47. The number of para-hydroxylation sites is 2. The number of Topliss-reactive ketones (excluding diaryl/α,β-unsaturated/α-hetero) is 1. The second-order valence-corrected chi connectivity index (χ2v) is 8.47. The van der Waals surface area contributed by atoms with Gasteiger partial charge in [0, 0.05) is 23.0 Å². The number of rotatable bonds is 6. The van der Waals surface area contributed by atoms with Gasteiger partial charge in [-0.05, 0) is 38.1 Å². The first-order chi connectivity index (χ1) is 16.8. The van der Waals surface area contributed by atoms with E-state index in [1.807, 2.05) is 35.8 Å². The first kappa shape index (κ1) is 22.3. The zero-order valence-electron chi connectivity index (χ0n) is 19.0. The summed E-state index contributed by atoms with van der Waals surface area (Å²) in [5.74, 6) is -0.662. The van der Waals surface area contributed by atoms with Crippen LogP contribution in [0.2, 0.25) is 0 Å². The Balaban J connectivity index is 1.35. The first-order valence-corrected chi connectivity index (χ1v) is 11.0. The van der Waals surface area contributed by atoms with E-state index in [-0.39, 0.29) is 17.2 Å². The molecule has 0 aliphatic carbocycles. The van der Waals surface area contributed by atoms with Gasteiger partial charge in [0.1, 0.15) is 12.2 Å². The number of amides is 2. The third kappa shape index (κ3) is 3.72. The number of nitro benzene ring substituents is 1. The normalized spacial score (nSPS) is 16.4. The maximum Gasteiger partial charge on any atom is 0.282 e. The van der Waals surface area contributed by atoms with Gasteiger partial charge in [0.2, 0.25) is 0 Å². The number of imide groups is 1. The molecule has 2 aliphatic heterocycles. The molecule has 0 spiro atoms. The molecule has 5 rings (SSSR count). The van der Waals surface area contributed by atoms with Crippen LogP contribution in [0.1, 0.15) is 42.5 Å². The van der Waals surface area contributed by atoms with E-state index in [0.717, 1.165) is 10.6 Å². The number of carbonyl (C=O) groups is 3. The Labute approximate surface area is 199 Å². The summed E-state index contributed by atoms with van der Waals surface area (Å²) in [5, 5.41) is 11.3. The van der Waals surface area contributed by atoms with E-state index >= 15 is 0 Å². The monoisotopic (exact) mass is 475 g/mol. The second-order valence-electron chi connectivity index (χ2n) is 8.47. The summed E-state index contributed by atoms with van der Waals surface area (Å²) in [6.45, 7) is 3.92. The summed E-state index contributed by atoms with van der Waals surface area (Å²) < 4.78 is 13.7. The quantitative estimate of drug-likeness (QED) is 0.232. The van der Waals surface area contributed by atoms with Crippen molar-refractivity contribution in [2.45, 2.75) is 26.5 Å². The molecule has 0 unspecified atom stereocenters. The lowest BCUT2D eigenvalue weighted by atomic mass is 10.1. The molecule has 1 atom stereocenters. The van der Waals surface area contributed by atoms with Crippen LogP contribution in [-0.4, -0.2) is 51.2 Å². The summed E-state index contributed by atoms with van der Waals surface area (Å²) in [6.07, 6.45) is -0.269. The molecule has 0 bridgehead atoms. The van der Waals surface area contributed by atoms with Crippen LogP contribution >= 0.6 is 0 Å². The average Bonchev–Trinajstić information content (AvgIpc) is 3.26. The smallest absolute Gasteiger partial charge is 0.282 e. The minimum atomic E-state index is -0.842. The molecular formula is C25H21N3O7. The van der Waals surface area contributed by atoms with Crippen LogP contribution in [0, 0.1) is 24.0 Å². The number of aromatic nitrogens is 1. The van der Waals surface area contributed by atoms with E-state index in [2.05, 4.69) is 0 Å². The van der Waals surface area contributed by atoms with Gasteiger partial charge in [-0.3, -0.25) is 29.4 Å². The number of fused-ring (bicyclic) bond motifs is 2. The van der Waals surface area contributed by atoms with E-state index in [4.69, 9.17) is 9.47 Å². The van der Waals surface area contributed by atoms with Crippen LogP contribution in [0.4, 0.5) is 5.69 Å². The van der Waals surface area contributed by atoms with Crippen molar-refractivity contribution in [3.63, 3.8) is 0 Å². The molecule has 0 N–H and O–H groups in total. The van der Waals surface area contributed by atoms with Crippen molar-refractivity contribution >= 4 is 23.3 Å². The number of hydrogen-bond donors (Lipinski definition) is 0. The van der Waals surface area contributed by atoms with Crippen molar-refractivity contribution in [1.82, 2.24) is 9.47 Å². The maximum atomic E-state index is 13.2. The number of ether oxygens (including phenoxy) is 2. The van der Waals surface area contributed by atoms with E-state index in [1.54, 1.807) is 13.0 Å². The van der Waals surface area contributed by atoms with Gasteiger partial charge in [-0.25, -0.2) is 0 Å². The fraction of sp³-hybridized carbons (Fsp3) is 0.240. The number of benzene rings is 2. The van der Waals surface area contributed by atoms with Gasteiger partial charge in [-0.1, -0.05) is 18.2 Å². The summed E-state index contributed by atoms with van der Waals surface area (Å²) >= 11 is 0. The molecule has 3 heterocycles. The van der Waals surface area contributed by atoms with Crippen molar-refractivity contribution < 1.29 is 28.8 Å². The molecule has 2 aliphatic rings. The molecule has 1 aromatic heterocycles. The van der Waals surface area contributed by atoms with Crippen LogP contribution in [-0.2, 0) is 6.54 Å². The third-order valence-electron chi connectivity index (χ3n) is 6.30. The zero-order valence-corrected chi connectivity index (χ0v) is 19.0. The molecule has 3 aromatic rings. The average molecular weight is 475 g/mol. The highest BCUT2D eigenvalue weighted by Crippen LogP contribution is 2.33. The van der Waals surface area contributed by atoms with Crippen molar-refractivity contribution in [3.05, 3.63) is 86.7 Å². The van der Waals surface area contributed by atoms with Crippen molar-refractivity contribution in [3.8, 4) is 11.5 Å². The molecule has 10 nitrogen and oxygen atoms in total. The summed E-state index contributed by atoms with van der Waals surface area (Å²) in [5.41, 5.74) is 1.03. The van der Waals surface area contributed by atoms with Gasteiger partial charge in [0.15, 0.2) is 23.4 Å². The molecule has 2 aromatic carbocycles. The van der Waals surface area contributed by atoms with Gasteiger partial charge in [-0.15, -0.1) is 0 Å². The number of ketones is 1. The van der Waals surface area contributed by atoms with Gasteiger partial charge < -0.3 is 14.0 Å². The maximum absolute atomic E-state index is 13.2.